The second kappa shape index (κ2) is 9.00. The van der Waals surface area contributed by atoms with Gasteiger partial charge in [-0.15, -0.1) is 0 Å². The number of ether oxygens (including phenoxy) is 1. The van der Waals surface area contributed by atoms with Crippen molar-refractivity contribution in [1.29, 1.82) is 0 Å². The van der Waals surface area contributed by atoms with Crippen LogP contribution in [0.2, 0.25) is 0 Å². The fourth-order valence-corrected chi connectivity index (χ4v) is 1.84. The Morgan fingerprint density at radius 1 is 1.19 bits per heavy atom. The normalized spacial score (nSPS) is 10.2. The van der Waals surface area contributed by atoms with Crippen LogP contribution >= 0.6 is 0 Å². The van der Waals surface area contributed by atoms with Gasteiger partial charge in [0.2, 0.25) is 0 Å². The molecule has 0 aromatic heterocycles. The molecule has 116 valence electrons. The van der Waals surface area contributed by atoms with E-state index in [0.717, 1.165) is 18.6 Å². The van der Waals surface area contributed by atoms with Gasteiger partial charge < -0.3 is 14.7 Å². The van der Waals surface area contributed by atoms with Crippen LogP contribution < -0.4 is 4.74 Å². The van der Waals surface area contributed by atoms with E-state index in [1.54, 1.807) is 24.3 Å². The first-order valence-corrected chi connectivity index (χ1v) is 7.32. The van der Waals surface area contributed by atoms with E-state index >= 15 is 0 Å². The first-order valence-electron chi connectivity index (χ1n) is 7.32. The van der Waals surface area contributed by atoms with Gasteiger partial charge >= 0.3 is 5.97 Å². The second-order valence-electron chi connectivity index (χ2n) is 4.75. The zero-order chi connectivity index (χ0) is 15.7. The molecule has 1 rings (SSSR count). The van der Waals surface area contributed by atoms with Gasteiger partial charge in [-0.25, -0.2) is 0 Å². The summed E-state index contributed by atoms with van der Waals surface area (Å²) in [5.74, 6) is -0.312. The van der Waals surface area contributed by atoms with Gasteiger partial charge in [-0.3, -0.25) is 9.59 Å². The maximum Gasteiger partial charge on any atom is 0.305 e. The van der Waals surface area contributed by atoms with E-state index in [1.165, 1.54) is 4.90 Å². The summed E-state index contributed by atoms with van der Waals surface area (Å²) >= 11 is 0. The van der Waals surface area contributed by atoms with E-state index in [0.29, 0.717) is 18.7 Å². The minimum Gasteiger partial charge on any atom is -0.494 e. The SMILES string of the molecule is CCCCOc1ccc(C(=O)N(CC)CCC(=O)O)cc1. The highest BCUT2D eigenvalue weighted by molar-refractivity contribution is 5.94. The van der Waals surface area contributed by atoms with Crippen molar-refractivity contribution in [3.8, 4) is 5.75 Å². The Balaban J connectivity index is 2.62. The Morgan fingerprint density at radius 3 is 2.38 bits per heavy atom. The number of aliphatic carboxylic acids is 1. The highest BCUT2D eigenvalue weighted by atomic mass is 16.5. The Bertz CT molecular complexity index is 456. The Kier molecular flexibility index (Phi) is 7.29. The first-order chi connectivity index (χ1) is 10.1. The van der Waals surface area contributed by atoms with Crippen molar-refractivity contribution in [2.45, 2.75) is 33.1 Å². The van der Waals surface area contributed by atoms with E-state index in [4.69, 9.17) is 9.84 Å². The lowest BCUT2D eigenvalue weighted by atomic mass is 10.2. The van der Waals surface area contributed by atoms with Crippen molar-refractivity contribution >= 4 is 11.9 Å². The van der Waals surface area contributed by atoms with Gasteiger partial charge in [0.15, 0.2) is 0 Å². The highest BCUT2D eigenvalue weighted by Crippen LogP contribution is 2.14. The van der Waals surface area contributed by atoms with Crippen LogP contribution in [0, 0.1) is 0 Å². The van der Waals surface area contributed by atoms with Gasteiger partial charge in [0.05, 0.1) is 13.0 Å². The Labute approximate surface area is 125 Å². The fraction of sp³-hybridized carbons (Fsp3) is 0.500. The number of rotatable bonds is 9. The average molecular weight is 293 g/mol. The second-order valence-corrected chi connectivity index (χ2v) is 4.75. The molecular formula is C16H23NO4. The minimum atomic E-state index is -0.902. The third-order valence-electron chi connectivity index (χ3n) is 3.13. The lowest BCUT2D eigenvalue weighted by molar-refractivity contribution is -0.137. The molecule has 0 unspecified atom stereocenters. The number of hydrogen-bond acceptors (Lipinski definition) is 3. The summed E-state index contributed by atoms with van der Waals surface area (Å²) in [6.07, 6.45) is 2.03. The molecule has 0 aliphatic carbocycles. The summed E-state index contributed by atoms with van der Waals surface area (Å²) in [6.45, 7) is 5.31. The molecular weight excluding hydrogens is 270 g/mol. The van der Waals surface area contributed by atoms with Gasteiger partial charge in [0.25, 0.3) is 5.91 Å². The summed E-state index contributed by atoms with van der Waals surface area (Å²) in [5, 5.41) is 8.69. The third-order valence-corrected chi connectivity index (χ3v) is 3.13. The largest absolute Gasteiger partial charge is 0.494 e. The number of hydrogen-bond donors (Lipinski definition) is 1. The molecule has 5 heteroatoms. The predicted molar refractivity (Wildman–Crippen MR) is 80.7 cm³/mol. The lowest BCUT2D eigenvalue weighted by Gasteiger charge is -2.20. The van der Waals surface area contributed by atoms with Crippen LogP contribution in [-0.2, 0) is 4.79 Å². The molecule has 1 aromatic carbocycles. The maximum atomic E-state index is 12.3. The van der Waals surface area contributed by atoms with Crippen LogP contribution in [0.5, 0.6) is 5.75 Å². The molecule has 1 aromatic rings. The van der Waals surface area contributed by atoms with E-state index < -0.39 is 5.97 Å². The molecule has 1 amide bonds. The average Bonchev–Trinajstić information content (AvgIpc) is 2.48. The summed E-state index contributed by atoms with van der Waals surface area (Å²) in [4.78, 5) is 24.4. The monoisotopic (exact) mass is 293 g/mol. The zero-order valence-electron chi connectivity index (χ0n) is 12.7. The molecule has 0 radical (unpaired) electrons. The molecule has 21 heavy (non-hydrogen) atoms. The van der Waals surface area contributed by atoms with Crippen molar-refractivity contribution in [1.82, 2.24) is 4.90 Å². The van der Waals surface area contributed by atoms with Crippen LogP contribution in [0.4, 0.5) is 0 Å². The predicted octanol–water partition coefficient (Wildman–Crippen LogP) is 2.80. The van der Waals surface area contributed by atoms with Gasteiger partial charge in [-0.2, -0.15) is 0 Å². The van der Waals surface area contributed by atoms with Crippen molar-refractivity contribution < 1.29 is 19.4 Å². The number of carboxylic acids is 1. The number of benzene rings is 1. The van der Waals surface area contributed by atoms with Gasteiger partial charge in [-0.05, 0) is 37.6 Å². The number of carboxylic acid groups (broad SMARTS) is 1. The van der Waals surface area contributed by atoms with Crippen LogP contribution in [0.15, 0.2) is 24.3 Å². The molecule has 5 nitrogen and oxygen atoms in total. The maximum absolute atomic E-state index is 12.3. The first kappa shape index (κ1) is 17.0. The van der Waals surface area contributed by atoms with Crippen molar-refractivity contribution in [2.24, 2.45) is 0 Å². The molecule has 0 bridgehead atoms. The van der Waals surface area contributed by atoms with Gasteiger partial charge in [0.1, 0.15) is 5.75 Å². The van der Waals surface area contributed by atoms with Crippen LogP contribution in [-0.4, -0.2) is 41.6 Å². The summed E-state index contributed by atoms with van der Waals surface area (Å²) in [7, 11) is 0. The molecule has 0 saturated carbocycles. The van der Waals surface area contributed by atoms with E-state index in [9.17, 15) is 9.59 Å². The Hall–Kier alpha value is -2.04. The summed E-state index contributed by atoms with van der Waals surface area (Å²) in [5.41, 5.74) is 0.546. The minimum absolute atomic E-state index is 0.0439. The lowest BCUT2D eigenvalue weighted by Crippen LogP contribution is -2.32. The number of carbonyl (C=O) groups excluding carboxylic acids is 1. The molecule has 0 fully saturated rings. The Morgan fingerprint density at radius 2 is 1.86 bits per heavy atom. The molecule has 0 heterocycles. The highest BCUT2D eigenvalue weighted by Gasteiger charge is 2.15. The van der Waals surface area contributed by atoms with Crippen molar-refractivity contribution in [3.05, 3.63) is 29.8 Å². The van der Waals surface area contributed by atoms with Gasteiger partial charge in [-0.1, -0.05) is 13.3 Å². The van der Waals surface area contributed by atoms with Crippen molar-refractivity contribution in [2.75, 3.05) is 19.7 Å². The van der Waals surface area contributed by atoms with Crippen LogP contribution in [0.3, 0.4) is 0 Å². The molecule has 0 atom stereocenters. The molecule has 0 aliphatic heterocycles. The molecule has 1 N–H and O–H groups in total. The van der Waals surface area contributed by atoms with Crippen molar-refractivity contribution in [3.63, 3.8) is 0 Å². The number of unbranched alkanes of at least 4 members (excludes halogenated alkanes) is 1. The molecule has 0 spiro atoms. The van der Waals surface area contributed by atoms with E-state index in [-0.39, 0.29) is 18.9 Å². The topological polar surface area (TPSA) is 66.8 Å². The standard InChI is InChI=1S/C16H23NO4/c1-3-5-12-21-14-8-6-13(7-9-14)16(20)17(4-2)11-10-15(18)19/h6-9H,3-5,10-12H2,1-2H3,(H,18,19). The van der Waals surface area contributed by atoms with E-state index in [2.05, 4.69) is 6.92 Å². The number of nitrogens with zero attached hydrogens (tertiary/aromatic N) is 1. The van der Waals surface area contributed by atoms with Gasteiger partial charge in [0, 0.05) is 18.7 Å². The summed E-state index contributed by atoms with van der Waals surface area (Å²) in [6, 6.07) is 6.97. The zero-order valence-corrected chi connectivity index (χ0v) is 12.7. The summed E-state index contributed by atoms with van der Waals surface area (Å²) < 4.78 is 5.54. The smallest absolute Gasteiger partial charge is 0.305 e. The molecule has 0 aliphatic rings. The quantitative estimate of drug-likeness (QED) is 0.711. The van der Waals surface area contributed by atoms with Crippen LogP contribution in [0.1, 0.15) is 43.5 Å². The third kappa shape index (κ3) is 5.85. The number of carbonyl (C=O) groups is 2. The number of amides is 1. The molecule has 0 saturated heterocycles. The van der Waals surface area contributed by atoms with E-state index in [1.807, 2.05) is 6.92 Å². The fourth-order valence-electron chi connectivity index (χ4n) is 1.84. The van der Waals surface area contributed by atoms with Crippen LogP contribution in [0.25, 0.3) is 0 Å².